The third kappa shape index (κ3) is 5.04. The van der Waals surface area contributed by atoms with E-state index in [1.54, 1.807) is 18.2 Å². The Hall–Kier alpha value is -3.95. The fourth-order valence-corrected chi connectivity index (χ4v) is 2.13. The number of non-ortho nitro benzene ring substituents is 1. The van der Waals surface area contributed by atoms with Crippen LogP contribution in [0.1, 0.15) is 22.8 Å². The van der Waals surface area contributed by atoms with E-state index >= 15 is 0 Å². The molecule has 28 heavy (non-hydrogen) atoms. The Labute approximate surface area is 159 Å². The molecule has 1 atom stereocenters. The maximum Gasteiger partial charge on any atom is 0.271 e. The van der Waals surface area contributed by atoms with E-state index in [1.807, 2.05) is 0 Å². The lowest BCUT2D eigenvalue weighted by atomic mass is 10.2. The van der Waals surface area contributed by atoms with Gasteiger partial charge in [-0.2, -0.15) is 5.10 Å². The standard InChI is InChI=1S/C18H17N3O7/c1-11(18(23)24)28-16-13(6-4-8-15(16)27-2)10-19-20-17(22)12-5-3-7-14(9-12)21(25)26/h3-11H,1-2H3,(H,20,22)(H,23,24)/p-1/b19-10-/t11-/m1/s1. The van der Waals surface area contributed by atoms with Gasteiger partial charge < -0.3 is 19.4 Å². The van der Waals surface area contributed by atoms with Crippen molar-refractivity contribution >= 4 is 23.8 Å². The van der Waals surface area contributed by atoms with Crippen molar-refractivity contribution in [3.05, 3.63) is 63.7 Å². The van der Waals surface area contributed by atoms with Gasteiger partial charge in [0.05, 0.1) is 24.2 Å². The Morgan fingerprint density at radius 3 is 2.61 bits per heavy atom. The van der Waals surface area contributed by atoms with Crippen molar-refractivity contribution < 1.29 is 29.1 Å². The SMILES string of the molecule is COc1cccc(/C=N\NC(=O)c2cccc([N+](=O)[O-])c2)c1O[C@H](C)C(=O)[O-]. The van der Waals surface area contributed by atoms with Gasteiger partial charge in [0, 0.05) is 23.3 Å². The summed E-state index contributed by atoms with van der Waals surface area (Å²) in [7, 11) is 1.39. The highest BCUT2D eigenvalue weighted by atomic mass is 16.6. The molecule has 0 aliphatic rings. The molecule has 10 nitrogen and oxygen atoms in total. The molecule has 0 aromatic heterocycles. The summed E-state index contributed by atoms with van der Waals surface area (Å²) in [6.07, 6.45) is -0.0161. The number of hydrazone groups is 1. The van der Waals surface area contributed by atoms with Crippen LogP contribution in [0.2, 0.25) is 0 Å². The van der Waals surface area contributed by atoms with Crippen LogP contribution in [0.3, 0.4) is 0 Å². The zero-order chi connectivity index (χ0) is 20.7. The molecular weight excluding hydrogens is 370 g/mol. The number of carbonyl (C=O) groups excluding carboxylic acids is 2. The fraction of sp³-hybridized carbons (Fsp3) is 0.167. The lowest BCUT2D eigenvalue weighted by Crippen LogP contribution is -2.37. The molecule has 0 spiro atoms. The Kier molecular flexibility index (Phi) is 6.63. The number of nitrogens with zero attached hydrogens (tertiary/aromatic N) is 2. The van der Waals surface area contributed by atoms with Gasteiger partial charge in [0.15, 0.2) is 11.5 Å². The van der Waals surface area contributed by atoms with Crippen LogP contribution in [0.5, 0.6) is 11.5 Å². The number of carbonyl (C=O) groups is 2. The van der Waals surface area contributed by atoms with E-state index in [0.717, 1.165) is 6.07 Å². The molecule has 0 bridgehead atoms. The molecule has 146 valence electrons. The van der Waals surface area contributed by atoms with E-state index in [0.29, 0.717) is 5.56 Å². The van der Waals surface area contributed by atoms with Crippen molar-refractivity contribution in [2.75, 3.05) is 7.11 Å². The molecule has 1 N–H and O–H groups in total. The maximum absolute atomic E-state index is 12.1. The predicted molar refractivity (Wildman–Crippen MR) is 96.2 cm³/mol. The van der Waals surface area contributed by atoms with Crippen molar-refractivity contribution in [2.45, 2.75) is 13.0 Å². The molecule has 0 aliphatic carbocycles. The van der Waals surface area contributed by atoms with Crippen LogP contribution in [0.4, 0.5) is 5.69 Å². The van der Waals surface area contributed by atoms with Crippen LogP contribution in [0.25, 0.3) is 0 Å². The van der Waals surface area contributed by atoms with Gasteiger partial charge in [-0.05, 0) is 25.1 Å². The van der Waals surface area contributed by atoms with Crippen LogP contribution in [0.15, 0.2) is 47.6 Å². The second-order valence-electron chi connectivity index (χ2n) is 5.46. The maximum atomic E-state index is 12.1. The van der Waals surface area contributed by atoms with Crippen LogP contribution >= 0.6 is 0 Å². The minimum atomic E-state index is -1.41. The molecule has 2 aromatic carbocycles. The molecule has 0 radical (unpaired) electrons. The number of ether oxygens (including phenoxy) is 2. The summed E-state index contributed by atoms with van der Waals surface area (Å²) in [4.78, 5) is 33.2. The van der Waals surface area contributed by atoms with Gasteiger partial charge in [-0.1, -0.05) is 12.1 Å². The largest absolute Gasteiger partial charge is 0.546 e. The number of carboxylic acids is 1. The summed E-state index contributed by atoms with van der Waals surface area (Å²) in [5.74, 6) is -1.70. The Bertz CT molecular complexity index is 927. The van der Waals surface area contributed by atoms with E-state index in [-0.39, 0.29) is 22.7 Å². The molecule has 0 aliphatic heterocycles. The number of amides is 1. The van der Waals surface area contributed by atoms with Crippen LogP contribution in [-0.4, -0.2) is 36.2 Å². The summed E-state index contributed by atoms with van der Waals surface area (Å²) in [5, 5.41) is 25.5. The number of para-hydroxylation sites is 1. The van der Waals surface area contributed by atoms with E-state index in [4.69, 9.17) is 9.47 Å². The zero-order valence-corrected chi connectivity index (χ0v) is 14.9. The van der Waals surface area contributed by atoms with Gasteiger partial charge in [0.1, 0.15) is 6.10 Å². The molecule has 0 saturated heterocycles. The lowest BCUT2D eigenvalue weighted by Gasteiger charge is -2.19. The average molecular weight is 386 g/mol. The van der Waals surface area contributed by atoms with Gasteiger partial charge in [-0.25, -0.2) is 5.43 Å². The van der Waals surface area contributed by atoms with Gasteiger partial charge in [0.25, 0.3) is 11.6 Å². The van der Waals surface area contributed by atoms with E-state index in [2.05, 4.69) is 10.5 Å². The number of methoxy groups -OCH3 is 1. The predicted octanol–water partition coefficient (Wildman–Crippen LogP) is 0.884. The number of aliphatic carboxylic acids is 1. The quantitative estimate of drug-likeness (QED) is 0.403. The topological polar surface area (TPSA) is 143 Å². The molecule has 0 fully saturated rings. The molecule has 2 rings (SSSR count). The number of rotatable bonds is 8. The molecule has 2 aromatic rings. The molecule has 0 heterocycles. The highest BCUT2D eigenvalue weighted by Crippen LogP contribution is 2.31. The Morgan fingerprint density at radius 1 is 1.25 bits per heavy atom. The van der Waals surface area contributed by atoms with Crippen molar-refractivity contribution in [2.24, 2.45) is 5.10 Å². The van der Waals surface area contributed by atoms with Crippen molar-refractivity contribution in [3.63, 3.8) is 0 Å². The monoisotopic (exact) mass is 386 g/mol. The molecule has 10 heteroatoms. The summed E-state index contributed by atoms with van der Waals surface area (Å²) >= 11 is 0. The zero-order valence-electron chi connectivity index (χ0n) is 14.9. The van der Waals surface area contributed by atoms with Gasteiger partial charge in [-0.15, -0.1) is 0 Å². The van der Waals surface area contributed by atoms with Gasteiger partial charge in [-0.3, -0.25) is 14.9 Å². The van der Waals surface area contributed by atoms with Gasteiger partial charge in [0.2, 0.25) is 0 Å². The number of hydrogen-bond donors (Lipinski definition) is 1. The number of carboxylic acid groups (broad SMARTS) is 1. The molecule has 0 saturated carbocycles. The number of benzene rings is 2. The summed E-state index contributed by atoms with van der Waals surface area (Å²) in [5.41, 5.74) is 2.41. The number of hydrogen-bond acceptors (Lipinski definition) is 8. The summed E-state index contributed by atoms with van der Waals surface area (Å²) in [6, 6.07) is 9.93. The number of nitro groups is 1. The Balaban J connectivity index is 2.19. The first kappa shape index (κ1) is 20.4. The van der Waals surface area contributed by atoms with Crippen LogP contribution < -0.4 is 20.0 Å². The van der Waals surface area contributed by atoms with Crippen molar-refractivity contribution in [3.8, 4) is 11.5 Å². The lowest BCUT2D eigenvalue weighted by molar-refractivity contribution is -0.384. The fourth-order valence-electron chi connectivity index (χ4n) is 2.13. The van der Waals surface area contributed by atoms with E-state index < -0.39 is 22.9 Å². The Morgan fingerprint density at radius 2 is 1.96 bits per heavy atom. The first-order valence-electron chi connectivity index (χ1n) is 7.96. The van der Waals surface area contributed by atoms with Gasteiger partial charge >= 0.3 is 0 Å². The first-order valence-corrected chi connectivity index (χ1v) is 7.96. The normalized spacial score (nSPS) is 11.6. The van der Waals surface area contributed by atoms with Crippen molar-refractivity contribution in [1.82, 2.24) is 5.43 Å². The second-order valence-corrected chi connectivity index (χ2v) is 5.46. The van der Waals surface area contributed by atoms with Crippen molar-refractivity contribution in [1.29, 1.82) is 0 Å². The number of nitrogens with one attached hydrogen (secondary N) is 1. The molecule has 1 amide bonds. The first-order chi connectivity index (χ1) is 13.3. The minimum Gasteiger partial charge on any atom is -0.546 e. The van der Waals surface area contributed by atoms with Crippen LogP contribution in [0, 0.1) is 10.1 Å². The van der Waals surface area contributed by atoms with E-state index in [9.17, 15) is 24.8 Å². The molecular formula is C18H16N3O7-. The second kappa shape index (κ2) is 9.12. The average Bonchev–Trinajstić information content (AvgIpc) is 2.68. The smallest absolute Gasteiger partial charge is 0.271 e. The highest BCUT2D eigenvalue weighted by molar-refractivity contribution is 5.95. The minimum absolute atomic E-state index is 0.0547. The summed E-state index contributed by atoms with van der Waals surface area (Å²) < 4.78 is 10.5. The number of nitro benzene ring substituents is 1. The summed E-state index contributed by atoms with van der Waals surface area (Å²) in [6.45, 7) is 1.30. The third-order valence-electron chi connectivity index (χ3n) is 3.54. The molecule has 0 unspecified atom stereocenters. The van der Waals surface area contributed by atoms with E-state index in [1.165, 1.54) is 38.4 Å². The highest BCUT2D eigenvalue weighted by Gasteiger charge is 2.14. The van der Waals surface area contributed by atoms with Crippen LogP contribution in [-0.2, 0) is 4.79 Å². The third-order valence-corrected chi connectivity index (χ3v) is 3.54.